The Hall–Kier alpha value is -3.31. The molecule has 2 unspecified atom stereocenters. The molecule has 1 N–H and O–H groups in total. The molecule has 0 amide bonds. The van der Waals surface area contributed by atoms with Crippen LogP contribution in [0.4, 0.5) is 0 Å². The molecular weight excluding hydrogens is 494 g/mol. The van der Waals surface area contributed by atoms with E-state index in [0.29, 0.717) is 25.0 Å². The molecule has 1 aromatic carbocycles. The SMILES string of the molecule is CCC1CN(Cc2cc(C(CCc3cn(CC)nn3)CC(=O)O)ccc2C)S(=O)(=O)c2cnccc2O1. The van der Waals surface area contributed by atoms with Crippen molar-refractivity contribution in [3.63, 3.8) is 0 Å². The quantitative estimate of drug-likeness (QED) is 0.424. The van der Waals surface area contributed by atoms with Gasteiger partial charge in [0.2, 0.25) is 10.0 Å². The Bertz CT molecular complexity index is 1360. The summed E-state index contributed by atoms with van der Waals surface area (Å²) in [6, 6.07) is 7.39. The molecule has 3 aromatic rings. The molecule has 2 atom stereocenters. The Morgan fingerprint density at radius 1 is 1.27 bits per heavy atom. The molecule has 3 heterocycles. The first kappa shape index (κ1) is 26.7. The van der Waals surface area contributed by atoms with E-state index in [4.69, 9.17) is 4.74 Å². The van der Waals surface area contributed by atoms with Gasteiger partial charge in [-0.15, -0.1) is 5.10 Å². The van der Waals surface area contributed by atoms with Crippen LogP contribution in [0.1, 0.15) is 61.4 Å². The average Bonchev–Trinajstić information content (AvgIpc) is 3.31. The smallest absolute Gasteiger partial charge is 0.303 e. The third-order valence-electron chi connectivity index (χ3n) is 6.79. The molecule has 0 saturated heterocycles. The number of benzene rings is 1. The Labute approximate surface area is 217 Å². The number of aliphatic carboxylic acids is 1. The van der Waals surface area contributed by atoms with Crippen molar-refractivity contribution in [3.05, 3.63) is 65.2 Å². The van der Waals surface area contributed by atoms with Gasteiger partial charge in [0.05, 0.1) is 24.9 Å². The monoisotopic (exact) mass is 527 g/mol. The minimum atomic E-state index is -3.84. The van der Waals surface area contributed by atoms with Gasteiger partial charge in [0.15, 0.2) is 0 Å². The normalized spacial score (nSPS) is 18.0. The molecule has 0 bridgehead atoms. The second-order valence-electron chi connectivity index (χ2n) is 9.35. The zero-order valence-electron chi connectivity index (χ0n) is 21.4. The van der Waals surface area contributed by atoms with Crippen molar-refractivity contribution in [2.75, 3.05) is 6.54 Å². The third kappa shape index (κ3) is 6.16. The van der Waals surface area contributed by atoms with E-state index in [2.05, 4.69) is 15.3 Å². The van der Waals surface area contributed by atoms with Crippen LogP contribution in [0.15, 0.2) is 47.8 Å². The molecule has 37 heavy (non-hydrogen) atoms. The maximum absolute atomic E-state index is 13.6. The first-order chi connectivity index (χ1) is 17.7. The van der Waals surface area contributed by atoms with Gasteiger partial charge in [-0.25, -0.2) is 8.42 Å². The Balaban J connectivity index is 1.61. The van der Waals surface area contributed by atoms with E-state index in [9.17, 15) is 18.3 Å². The van der Waals surface area contributed by atoms with Gasteiger partial charge in [0, 0.05) is 25.5 Å². The second kappa shape index (κ2) is 11.4. The number of rotatable bonds is 10. The highest BCUT2D eigenvalue weighted by atomic mass is 32.2. The number of hydrogen-bond acceptors (Lipinski definition) is 7. The fourth-order valence-corrected chi connectivity index (χ4v) is 6.05. The number of pyridine rings is 1. The summed E-state index contributed by atoms with van der Waals surface area (Å²) >= 11 is 0. The molecule has 2 aromatic heterocycles. The largest absolute Gasteiger partial charge is 0.488 e. The standard InChI is InChI=1S/C26H33N5O5S/c1-4-23-17-31(37(34,35)25-14-27-11-10-24(25)36-23)15-21-12-19(7-6-18(21)3)20(13-26(32)33)8-9-22-16-30(5-2)29-28-22/h6-7,10-12,14,16,20,23H,4-5,8-9,13,15,17H2,1-3H3,(H,32,33). The van der Waals surface area contributed by atoms with Crippen molar-refractivity contribution in [2.24, 2.45) is 0 Å². The first-order valence-corrected chi connectivity index (χ1v) is 14.0. The molecule has 1 aliphatic heterocycles. The van der Waals surface area contributed by atoms with Crippen molar-refractivity contribution in [1.82, 2.24) is 24.3 Å². The zero-order valence-corrected chi connectivity index (χ0v) is 22.2. The van der Waals surface area contributed by atoms with Crippen LogP contribution in [0.2, 0.25) is 0 Å². The van der Waals surface area contributed by atoms with Gasteiger partial charge >= 0.3 is 5.97 Å². The lowest BCUT2D eigenvalue weighted by Gasteiger charge is -2.24. The van der Waals surface area contributed by atoms with E-state index < -0.39 is 16.0 Å². The van der Waals surface area contributed by atoms with E-state index in [-0.39, 0.29) is 36.4 Å². The molecule has 0 fully saturated rings. The summed E-state index contributed by atoms with van der Waals surface area (Å²) in [5.41, 5.74) is 3.45. The molecule has 1 aliphatic rings. The van der Waals surface area contributed by atoms with Gasteiger partial charge < -0.3 is 9.84 Å². The molecule has 198 valence electrons. The fraction of sp³-hybridized carbons (Fsp3) is 0.462. The lowest BCUT2D eigenvalue weighted by atomic mass is 9.88. The minimum Gasteiger partial charge on any atom is -0.488 e. The highest BCUT2D eigenvalue weighted by Gasteiger charge is 2.35. The highest BCUT2D eigenvalue weighted by molar-refractivity contribution is 7.89. The summed E-state index contributed by atoms with van der Waals surface area (Å²) in [5, 5.41) is 17.8. The van der Waals surface area contributed by atoms with Crippen molar-refractivity contribution < 1.29 is 23.1 Å². The average molecular weight is 528 g/mol. The molecule has 0 aliphatic carbocycles. The minimum absolute atomic E-state index is 0.0305. The number of carbonyl (C=O) groups is 1. The molecule has 11 heteroatoms. The zero-order chi connectivity index (χ0) is 26.6. The van der Waals surface area contributed by atoms with E-state index in [0.717, 1.165) is 28.9 Å². The van der Waals surface area contributed by atoms with Gasteiger partial charge in [-0.3, -0.25) is 14.5 Å². The van der Waals surface area contributed by atoms with Gasteiger partial charge in [-0.05, 0) is 61.8 Å². The molecule has 10 nitrogen and oxygen atoms in total. The van der Waals surface area contributed by atoms with Crippen LogP contribution < -0.4 is 4.74 Å². The molecule has 0 spiro atoms. The molecule has 0 radical (unpaired) electrons. The summed E-state index contributed by atoms with van der Waals surface area (Å²) < 4.78 is 36.3. The van der Waals surface area contributed by atoms with Crippen LogP contribution in [-0.2, 0) is 34.3 Å². The van der Waals surface area contributed by atoms with Crippen LogP contribution in [0.5, 0.6) is 5.75 Å². The number of ether oxygens (including phenoxy) is 1. The Kier molecular flexibility index (Phi) is 8.23. The van der Waals surface area contributed by atoms with Gasteiger partial charge in [-0.1, -0.05) is 30.3 Å². The fourth-order valence-electron chi connectivity index (χ4n) is 4.53. The Morgan fingerprint density at radius 3 is 2.78 bits per heavy atom. The maximum Gasteiger partial charge on any atom is 0.303 e. The summed E-state index contributed by atoms with van der Waals surface area (Å²) in [6.45, 7) is 6.96. The lowest BCUT2D eigenvalue weighted by molar-refractivity contribution is -0.137. The van der Waals surface area contributed by atoms with E-state index >= 15 is 0 Å². The Morgan fingerprint density at radius 2 is 2.08 bits per heavy atom. The number of aryl methyl sites for hydroxylation is 3. The number of aromatic nitrogens is 4. The summed E-state index contributed by atoms with van der Waals surface area (Å²) in [5.74, 6) is -0.816. The number of carboxylic acid groups (broad SMARTS) is 1. The van der Waals surface area contributed by atoms with Crippen LogP contribution in [0.25, 0.3) is 0 Å². The summed E-state index contributed by atoms with van der Waals surface area (Å²) in [4.78, 5) is 15.8. The number of nitrogens with zero attached hydrogens (tertiary/aromatic N) is 5. The highest BCUT2D eigenvalue weighted by Crippen LogP contribution is 2.33. The maximum atomic E-state index is 13.6. The van der Waals surface area contributed by atoms with Crippen molar-refractivity contribution in [2.45, 2.75) is 76.5 Å². The van der Waals surface area contributed by atoms with Crippen LogP contribution in [0.3, 0.4) is 0 Å². The van der Waals surface area contributed by atoms with Crippen LogP contribution >= 0.6 is 0 Å². The third-order valence-corrected chi connectivity index (χ3v) is 8.61. The predicted octanol–water partition coefficient (Wildman–Crippen LogP) is 3.55. The number of fused-ring (bicyclic) bond motifs is 1. The predicted molar refractivity (Wildman–Crippen MR) is 137 cm³/mol. The van der Waals surface area contributed by atoms with Crippen molar-refractivity contribution in [1.29, 1.82) is 0 Å². The van der Waals surface area contributed by atoms with Crippen molar-refractivity contribution >= 4 is 16.0 Å². The van der Waals surface area contributed by atoms with Gasteiger partial charge in [0.25, 0.3) is 0 Å². The second-order valence-corrected chi connectivity index (χ2v) is 11.3. The summed E-state index contributed by atoms with van der Waals surface area (Å²) in [7, 11) is -3.84. The van der Waals surface area contributed by atoms with E-state index in [1.54, 1.807) is 10.7 Å². The van der Waals surface area contributed by atoms with E-state index in [1.165, 1.54) is 16.7 Å². The topological polar surface area (TPSA) is 128 Å². The van der Waals surface area contributed by atoms with Crippen LogP contribution in [0, 0.1) is 6.92 Å². The molecule has 0 saturated carbocycles. The van der Waals surface area contributed by atoms with Gasteiger partial charge in [-0.2, -0.15) is 4.31 Å². The first-order valence-electron chi connectivity index (χ1n) is 12.5. The lowest BCUT2D eigenvalue weighted by Crippen LogP contribution is -2.36. The number of hydrogen-bond donors (Lipinski definition) is 1. The number of sulfonamides is 1. The van der Waals surface area contributed by atoms with Gasteiger partial charge in [0.1, 0.15) is 16.7 Å². The number of carboxylic acids is 1. The molecular formula is C26H33N5O5S. The van der Waals surface area contributed by atoms with Crippen LogP contribution in [-0.4, -0.2) is 56.4 Å². The van der Waals surface area contributed by atoms with Crippen molar-refractivity contribution in [3.8, 4) is 5.75 Å². The molecule has 4 rings (SSSR count). The summed E-state index contributed by atoms with van der Waals surface area (Å²) in [6.07, 6.45) is 6.24. The van der Waals surface area contributed by atoms with E-state index in [1.807, 2.05) is 45.2 Å².